The van der Waals surface area contributed by atoms with Crippen LogP contribution >= 0.6 is 0 Å². The highest BCUT2D eigenvalue weighted by Crippen LogP contribution is 2.25. The van der Waals surface area contributed by atoms with Crippen LogP contribution in [0, 0.1) is 0 Å². The van der Waals surface area contributed by atoms with Crippen molar-refractivity contribution < 1.29 is 0 Å². The molecule has 0 amide bonds. The Bertz CT molecular complexity index is 438. The van der Waals surface area contributed by atoms with Gasteiger partial charge in [0, 0.05) is 5.56 Å². The van der Waals surface area contributed by atoms with E-state index in [1.165, 1.54) is 0 Å². The predicted octanol–water partition coefficient (Wildman–Crippen LogP) is 1.91. The Balaban J connectivity index is 2.57. The van der Waals surface area contributed by atoms with E-state index in [4.69, 9.17) is 11.5 Å². The fourth-order valence-electron chi connectivity index (χ4n) is 1.35. The van der Waals surface area contributed by atoms with E-state index in [0.29, 0.717) is 11.5 Å². The smallest absolute Gasteiger partial charge is 0.124 e. The number of anilines is 2. The molecule has 0 radical (unpaired) electrons. The van der Waals surface area contributed by atoms with Gasteiger partial charge < -0.3 is 11.5 Å². The van der Waals surface area contributed by atoms with Crippen LogP contribution < -0.4 is 11.5 Å². The first kappa shape index (κ1) is 8.56. The Hall–Kier alpha value is -2.03. The van der Waals surface area contributed by atoms with Gasteiger partial charge in [-0.2, -0.15) is 0 Å². The Morgan fingerprint density at radius 2 is 1.71 bits per heavy atom. The number of benzene rings is 1. The molecule has 0 saturated heterocycles. The molecule has 0 aliphatic carbocycles. The molecule has 4 N–H and O–H groups in total. The molecule has 1 aromatic heterocycles. The number of aromatic nitrogens is 1. The molecule has 0 spiro atoms. The molecule has 0 saturated carbocycles. The summed E-state index contributed by atoms with van der Waals surface area (Å²) in [6.07, 6.45) is 1.58. The molecule has 0 aliphatic heterocycles. The SMILES string of the molecule is Nc1cc(-c2ccccc2)c(N)cn1. The fourth-order valence-corrected chi connectivity index (χ4v) is 1.35. The van der Waals surface area contributed by atoms with Crippen LogP contribution in [0.5, 0.6) is 0 Å². The standard InChI is InChI=1S/C11H11N3/c12-10-7-14-11(13)6-9(10)8-4-2-1-3-5-8/h1-7H,12H2,(H2,13,14). The summed E-state index contributed by atoms with van der Waals surface area (Å²) in [5.41, 5.74) is 14.0. The van der Waals surface area contributed by atoms with Crippen molar-refractivity contribution in [1.29, 1.82) is 0 Å². The Kier molecular flexibility index (Phi) is 2.07. The number of hydrogen-bond acceptors (Lipinski definition) is 3. The lowest BCUT2D eigenvalue weighted by Gasteiger charge is -2.05. The molecule has 1 aromatic carbocycles. The van der Waals surface area contributed by atoms with Crippen LogP contribution in [-0.4, -0.2) is 4.98 Å². The number of nitrogen functional groups attached to an aromatic ring is 2. The first-order valence-electron chi connectivity index (χ1n) is 4.34. The molecule has 2 aromatic rings. The van der Waals surface area contributed by atoms with Crippen LogP contribution in [0.1, 0.15) is 0 Å². The van der Waals surface area contributed by atoms with Crippen molar-refractivity contribution >= 4 is 11.5 Å². The van der Waals surface area contributed by atoms with E-state index in [0.717, 1.165) is 11.1 Å². The molecule has 70 valence electrons. The van der Waals surface area contributed by atoms with Gasteiger partial charge >= 0.3 is 0 Å². The zero-order valence-corrected chi connectivity index (χ0v) is 7.64. The van der Waals surface area contributed by atoms with E-state index >= 15 is 0 Å². The molecule has 3 heteroatoms. The van der Waals surface area contributed by atoms with Crippen molar-refractivity contribution in [2.24, 2.45) is 0 Å². The van der Waals surface area contributed by atoms with E-state index in [2.05, 4.69) is 4.98 Å². The number of nitrogens with two attached hydrogens (primary N) is 2. The van der Waals surface area contributed by atoms with Gasteiger partial charge in [0.1, 0.15) is 5.82 Å². The average molecular weight is 185 g/mol. The van der Waals surface area contributed by atoms with E-state index in [1.54, 1.807) is 12.3 Å². The number of hydrogen-bond donors (Lipinski definition) is 2. The zero-order chi connectivity index (χ0) is 9.97. The molecule has 0 bridgehead atoms. The third-order valence-corrected chi connectivity index (χ3v) is 2.04. The van der Waals surface area contributed by atoms with Gasteiger partial charge in [-0.25, -0.2) is 4.98 Å². The summed E-state index contributed by atoms with van der Waals surface area (Å²) in [5, 5.41) is 0. The number of nitrogens with zero attached hydrogens (tertiary/aromatic N) is 1. The molecule has 2 rings (SSSR count). The fraction of sp³-hybridized carbons (Fsp3) is 0. The topological polar surface area (TPSA) is 64.9 Å². The van der Waals surface area contributed by atoms with E-state index in [-0.39, 0.29) is 0 Å². The Morgan fingerprint density at radius 3 is 2.43 bits per heavy atom. The molecular formula is C11H11N3. The summed E-state index contributed by atoms with van der Waals surface area (Å²) in [5.74, 6) is 0.484. The predicted molar refractivity (Wildman–Crippen MR) is 58.5 cm³/mol. The van der Waals surface area contributed by atoms with Gasteiger partial charge in [-0.15, -0.1) is 0 Å². The minimum Gasteiger partial charge on any atom is -0.397 e. The maximum atomic E-state index is 5.80. The third kappa shape index (κ3) is 1.52. The van der Waals surface area contributed by atoms with Crippen LogP contribution in [0.25, 0.3) is 11.1 Å². The second-order valence-corrected chi connectivity index (χ2v) is 3.06. The van der Waals surface area contributed by atoms with Crippen LogP contribution in [0.3, 0.4) is 0 Å². The zero-order valence-electron chi connectivity index (χ0n) is 7.64. The third-order valence-electron chi connectivity index (χ3n) is 2.04. The highest BCUT2D eigenvalue weighted by Gasteiger charge is 2.02. The second-order valence-electron chi connectivity index (χ2n) is 3.06. The van der Waals surface area contributed by atoms with E-state index in [1.807, 2.05) is 30.3 Å². The van der Waals surface area contributed by atoms with Gasteiger partial charge in [-0.05, 0) is 11.6 Å². The lowest BCUT2D eigenvalue weighted by molar-refractivity contribution is 1.34. The van der Waals surface area contributed by atoms with Crippen molar-refractivity contribution in [1.82, 2.24) is 4.98 Å². The van der Waals surface area contributed by atoms with Gasteiger partial charge in [-0.3, -0.25) is 0 Å². The van der Waals surface area contributed by atoms with Crippen LogP contribution in [-0.2, 0) is 0 Å². The van der Waals surface area contributed by atoms with Crippen molar-refractivity contribution in [3.63, 3.8) is 0 Å². The first-order valence-corrected chi connectivity index (χ1v) is 4.34. The molecule has 0 atom stereocenters. The number of pyridine rings is 1. The van der Waals surface area contributed by atoms with Gasteiger partial charge in [0.15, 0.2) is 0 Å². The largest absolute Gasteiger partial charge is 0.397 e. The lowest BCUT2D eigenvalue weighted by Crippen LogP contribution is -1.95. The summed E-state index contributed by atoms with van der Waals surface area (Å²) in [4.78, 5) is 3.92. The molecule has 0 unspecified atom stereocenters. The minimum absolute atomic E-state index is 0.484. The van der Waals surface area contributed by atoms with Gasteiger partial charge in [0.05, 0.1) is 11.9 Å². The maximum Gasteiger partial charge on any atom is 0.124 e. The summed E-state index contributed by atoms with van der Waals surface area (Å²) in [6, 6.07) is 11.7. The lowest BCUT2D eigenvalue weighted by atomic mass is 10.1. The Labute approximate surface area is 82.4 Å². The van der Waals surface area contributed by atoms with Gasteiger partial charge in [0.25, 0.3) is 0 Å². The molecule has 1 heterocycles. The number of rotatable bonds is 1. The normalized spacial score (nSPS) is 10.0. The quantitative estimate of drug-likeness (QED) is 0.713. The molecule has 0 fully saturated rings. The highest BCUT2D eigenvalue weighted by molar-refractivity contribution is 5.77. The maximum absolute atomic E-state index is 5.80. The summed E-state index contributed by atoms with van der Waals surface area (Å²) in [6.45, 7) is 0. The van der Waals surface area contributed by atoms with Gasteiger partial charge in [-0.1, -0.05) is 30.3 Å². The van der Waals surface area contributed by atoms with Crippen molar-refractivity contribution in [2.75, 3.05) is 11.5 Å². The molecular weight excluding hydrogens is 174 g/mol. The van der Waals surface area contributed by atoms with Crippen LogP contribution in [0.4, 0.5) is 11.5 Å². The van der Waals surface area contributed by atoms with Crippen molar-refractivity contribution in [3.05, 3.63) is 42.6 Å². The van der Waals surface area contributed by atoms with Crippen molar-refractivity contribution in [3.8, 4) is 11.1 Å². The van der Waals surface area contributed by atoms with E-state index < -0.39 is 0 Å². The van der Waals surface area contributed by atoms with Crippen LogP contribution in [0.2, 0.25) is 0 Å². The summed E-state index contributed by atoms with van der Waals surface area (Å²) < 4.78 is 0. The van der Waals surface area contributed by atoms with E-state index in [9.17, 15) is 0 Å². The van der Waals surface area contributed by atoms with Crippen molar-refractivity contribution in [2.45, 2.75) is 0 Å². The summed E-state index contributed by atoms with van der Waals surface area (Å²) >= 11 is 0. The summed E-state index contributed by atoms with van der Waals surface area (Å²) in [7, 11) is 0. The van der Waals surface area contributed by atoms with Gasteiger partial charge in [0.2, 0.25) is 0 Å². The molecule has 3 nitrogen and oxygen atoms in total. The minimum atomic E-state index is 0.484. The monoisotopic (exact) mass is 185 g/mol. The second kappa shape index (κ2) is 3.38. The molecule has 0 aliphatic rings. The Morgan fingerprint density at radius 1 is 1.00 bits per heavy atom. The average Bonchev–Trinajstić information content (AvgIpc) is 2.23. The first-order chi connectivity index (χ1) is 6.77. The molecule has 14 heavy (non-hydrogen) atoms. The highest BCUT2D eigenvalue weighted by atomic mass is 14.8. The van der Waals surface area contributed by atoms with Crippen LogP contribution in [0.15, 0.2) is 42.6 Å².